The van der Waals surface area contributed by atoms with Crippen LogP contribution in [0.15, 0.2) is 11.4 Å². The molecule has 1 aliphatic rings. The van der Waals surface area contributed by atoms with Crippen LogP contribution in [0.4, 0.5) is 8.78 Å². The van der Waals surface area contributed by atoms with Gasteiger partial charge in [-0.2, -0.15) is 0 Å². The summed E-state index contributed by atoms with van der Waals surface area (Å²) < 4.78 is 26.2. The van der Waals surface area contributed by atoms with E-state index < -0.39 is 11.9 Å². The highest BCUT2D eigenvalue weighted by Gasteiger charge is 2.37. The number of carboxylic acid groups (broad SMARTS) is 1. The van der Waals surface area contributed by atoms with Crippen LogP contribution in [-0.4, -0.2) is 40.9 Å². The van der Waals surface area contributed by atoms with E-state index in [0.717, 1.165) is 0 Å². The first-order valence-electron chi connectivity index (χ1n) is 6.73. The zero-order valence-corrected chi connectivity index (χ0v) is 12.5. The number of rotatable bonds is 4. The normalized spacial score (nSPS) is 18.4. The van der Waals surface area contributed by atoms with Gasteiger partial charge in [0.05, 0.1) is 12.0 Å². The summed E-state index contributed by atoms with van der Waals surface area (Å²) in [7, 11) is 1.63. The highest BCUT2D eigenvalue weighted by Crippen LogP contribution is 2.34. The number of hydrogen-bond acceptors (Lipinski definition) is 3. The van der Waals surface area contributed by atoms with Crippen LogP contribution in [0, 0.1) is 0 Å². The Balaban J connectivity index is 1.92. The Morgan fingerprint density at radius 2 is 2.05 bits per heavy atom. The lowest BCUT2D eigenvalue weighted by Crippen LogP contribution is -2.42. The third-order valence-electron chi connectivity index (χ3n) is 3.85. The van der Waals surface area contributed by atoms with Gasteiger partial charge in [0.1, 0.15) is 0 Å². The van der Waals surface area contributed by atoms with E-state index >= 15 is 0 Å². The summed E-state index contributed by atoms with van der Waals surface area (Å²) >= 11 is 1.22. The van der Waals surface area contributed by atoms with Crippen molar-refractivity contribution in [3.05, 3.63) is 21.9 Å². The number of amides is 1. The third-order valence-corrected chi connectivity index (χ3v) is 4.79. The molecule has 0 saturated heterocycles. The molecule has 1 saturated carbocycles. The Morgan fingerprint density at radius 3 is 2.57 bits per heavy atom. The number of carboxylic acids is 1. The van der Waals surface area contributed by atoms with Crippen molar-refractivity contribution in [2.45, 2.75) is 44.1 Å². The minimum absolute atomic E-state index is 0.112. The van der Waals surface area contributed by atoms with Gasteiger partial charge in [-0.05, 0) is 18.9 Å². The number of likely N-dealkylation sites (N-methyl/N-ethyl adjacent to an activating group) is 1. The average molecular weight is 317 g/mol. The van der Waals surface area contributed by atoms with E-state index in [4.69, 9.17) is 5.11 Å². The summed E-state index contributed by atoms with van der Waals surface area (Å²) in [6, 6.07) is 1.32. The average Bonchev–Trinajstić information content (AvgIpc) is 2.86. The maximum absolute atomic E-state index is 13.1. The van der Waals surface area contributed by atoms with Crippen LogP contribution in [0.2, 0.25) is 0 Å². The Labute approximate surface area is 125 Å². The molecule has 0 unspecified atom stereocenters. The van der Waals surface area contributed by atoms with Gasteiger partial charge in [0, 0.05) is 36.2 Å². The highest BCUT2D eigenvalue weighted by atomic mass is 32.1. The molecule has 116 valence electrons. The predicted molar refractivity (Wildman–Crippen MR) is 75.0 cm³/mol. The summed E-state index contributed by atoms with van der Waals surface area (Å²) in [5.41, 5.74) is 0.169. The van der Waals surface area contributed by atoms with Crippen LogP contribution in [0.1, 0.15) is 40.9 Å². The molecule has 7 heteroatoms. The first-order valence-corrected chi connectivity index (χ1v) is 7.61. The lowest BCUT2D eigenvalue weighted by molar-refractivity contribution is -0.134. The fourth-order valence-electron chi connectivity index (χ4n) is 2.48. The fraction of sp³-hybridized carbons (Fsp3) is 0.571. The highest BCUT2D eigenvalue weighted by molar-refractivity contribution is 7.10. The summed E-state index contributed by atoms with van der Waals surface area (Å²) in [6.45, 7) is 0. The number of carbonyl (C=O) groups excluding carboxylic acids is 1. The van der Waals surface area contributed by atoms with E-state index in [-0.39, 0.29) is 36.8 Å². The summed E-state index contributed by atoms with van der Waals surface area (Å²) in [6.07, 6.45) is 0.357. The molecule has 2 rings (SSSR count). The van der Waals surface area contributed by atoms with Crippen molar-refractivity contribution in [1.82, 2.24) is 4.90 Å². The largest absolute Gasteiger partial charge is 0.478 e. The van der Waals surface area contributed by atoms with Gasteiger partial charge in [-0.1, -0.05) is 0 Å². The van der Waals surface area contributed by atoms with Crippen molar-refractivity contribution in [3.8, 4) is 0 Å². The molecule has 1 heterocycles. The standard InChI is InChI=1S/C14H17F2NO3S/c1-17(10-2-4-14(15,16)5-3-10)12(18)7-11-6-9(8-21-11)13(19)20/h6,8,10H,2-5,7H2,1H3,(H,19,20). The molecule has 0 radical (unpaired) electrons. The topological polar surface area (TPSA) is 57.6 Å². The second-order valence-corrected chi connectivity index (χ2v) is 6.37. The van der Waals surface area contributed by atoms with Crippen LogP contribution in [-0.2, 0) is 11.2 Å². The minimum Gasteiger partial charge on any atom is -0.478 e. The summed E-state index contributed by atoms with van der Waals surface area (Å²) in [5.74, 6) is -3.79. The van der Waals surface area contributed by atoms with Crippen molar-refractivity contribution in [3.63, 3.8) is 0 Å². The van der Waals surface area contributed by atoms with Gasteiger partial charge in [-0.15, -0.1) is 11.3 Å². The molecule has 1 amide bonds. The number of aromatic carboxylic acids is 1. The Morgan fingerprint density at radius 1 is 1.43 bits per heavy atom. The quantitative estimate of drug-likeness (QED) is 0.928. The van der Waals surface area contributed by atoms with E-state index in [1.807, 2.05) is 0 Å². The first kappa shape index (κ1) is 15.9. The van der Waals surface area contributed by atoms with E-state index in [1.54, 1.807) is 7.05 Å². The van der Waals surface area contributed by atoms with Crippen molar-refractivity contribution in [1.29, 1.82) is 0 Å². The number of halogens is 2. The van der Waals surface area contributed by atoms with Crippen LogP contribution < -0.4 is 0 Å². The molecule has 1 aromatic heterocycles. The molecule has 1 aromatic rings. The van der Waals surface area contributed by atoms with Crippen LogP contribution >= 0.6 is 11.3 Å². The minimum atomic E-state index is -2.61. The van der Waals surface area contributed by atoms with Crippen LogP contribution in [0.5, 0.6) is 0 Å². The van der Waals surface area contributed by atoms with Gasteiger partial charge >= 0.3 is 5.97 Å². The van der Waals surface area contributed by atoms with Gasteiger partial charge in [-0.3, -0.25) is 4.79 Å². The van der Waals surface area contributed by atoms with Crippen molar-refractivity contribution >= 4 is 23.2 Å². The Hall–Kier alpha value is -1.50. The van der Waals surface area contributed by atoms with Crippen molar-refractivity contribution in [2.75, 3.05) is 7.05 Å². The van der Waals surface area contributed by atoms with Crippen molar-refractivity contribution in [2.24, 2.45) is 0 Å². The molecule has 0 bridgehead atoms. The van der Waals surface area contributed by atoms with E-state index in [1.165, 1.54) is 27.7 Å². The molecule has 0 spiro atoms. The maximum Gasteiger partial charge on any atom is 0.336 e. The monoisotopic (exact) mass is 317 g/mol. The number of hydrogen-bond donors (Lipinski definition) is 1. The number of carbonyl (C=O) groups is 2. The Bertz CT molecular complexity index is 534. The van der Waals surface area contributed by atoms with Crippen molar-refractivity contribution < 1.29 is 23.5 Å². The fourth-order valence-corrected chi connectivity index (χ4v) is 3.32. The molecule has 4 nitrogen and oxygen atoms in total. The van der Waals surface area contributed by atoms with Crippen LogP contribution in [0.3, 0.4) is 0 Å². The second kappa shape index (κ2) is 6.09. The number of thiophene rings is 1. The van der Waals surface area contributed by atoms with E-state index in [2.05, 4.69) is 0 Å². The molecule has 1 aliphatic carbocycles. The smallest absolute Gasteiger partial charge is 0.336 e. The summed E-state index contributed by atoms with van der Waals surface area (Å²) in [5, 5.41) is 10.3. The number of nitrogens with zero attached hydrogens (tertiary/aromatic N) is 1. The Kier molecular flexibility index (Phi) is 4.61. The number of alkyl halides is 2. The van der Waals surface area contributed by atoms with Gasteiger partial charge in [0.15, 0.2) is 0 Å². The zero-order valence-electron chi connectivity index (χ0n) is 11.6. The van der Waals surface area contributed by atoms with Gasteiger partial charge in [0.2, 0.25) is 11.8 Å². The summed E-state index contributed by atoms with van der Waals surface area (Å²) in [4.78, 5) is 25.1. The molecule has 1 N–H and O–H groups in total. The molecule has 0 atom stereocenters. The maximum atomic E-state index is 13.1. The first-order chi connectivity index (χ1) is 9.78. The molecular formula is C14H17F2NO3S. The lowest BCUT2D eigenvalue weighted by Gasteiger charge is -2.34. The molecule has 21 heavy (non-hydrogen) atoms. The van der Waals surface area contributed by atoms with Gasteiger partial charge < -0.3 is 10.0 Å². The predicted octanol–water partition coefficient (Wildman–Crippen LogP) is 3.03. The second-order valence-electron chi connectivity index (χ2n) is 5.38. The molecule has 1 fully saturated rings. The lowest BCUT2D eigenvalue weighted by atomic mass is 9.91. The molecule has 0 aliphatic heterocycles. The van der Waals surface area contributed by atoms with Crippen LogP contribution in [0.25, 0.3) is 0 Å². The van der Waals surface area contributed by atoms with Gasteiger partial charge in [0.25, 0.3) is 0 Å². The van der Waals surface area contributed by atoms with E-state index in [0.29, 0.717) is 17.7 Å². The van der Waals surface area contributed by atoms with Gasteiger partial charge in [-0.25, -0.2) is 13.6 Å². The zero-order chi connectivity index (χ0) is 15.6. The molecule has 0 aromatic carbocycles. The SMILES string of the molecule is CN(C(=O)Cc1cc(C(=O)O)cs1)C1CCC(F)(F)CC1. The molecular weight excluding hydrogens is 300 g/mol. The third kappa shape index (κ3) is 4.00. The van der Waals surface area contributed by atoms with E-state index in [9.17, 15) is 18.4 Å².